The molecule has 0 aliphatic heterocycles. The molecule has 3 aromatic heterocycles. The summed E-state index contributed by atoms with van der Waals surface area (Å²) in [6, 6.07) is 0. The Morgan fingerprint density at radius 1 is 1.21 bits per heavy atom. The van der Waals surface area contributed by atoms with Gasteiger partial charge >= 0.3 is 0 Å². The lowest BCUT2D eigenvalue weighted by Gasteiger charge is -2.09. The normalized spacial score (nSPS) is 10.6. The average molecular weight is 412 g/mol. The van der Waals surface area contributed by atoms with E-state index in [9.17, 15) is 0 Å². The van der Waals surface area contributed by atoms with Crippen LogP contribution in [-0.2, 0) is 6.54 Å². The topological polar surface area (TPSA) is 82.5 Å². The van der Waals surface area contributed by atoms with Crippen LogP contribution in [0.4, 0.5) is 5.95 Å². The van der Waals surface area contributed by atoms with Crippen molar-refractivity contribution >= 4 is 44.5 Å². The van der Waals surface area contributed by atoms with Gasteiger partial charge in [0.1, 0.15) is 5.15 Å². The number of hydrogen-bond acceptors (Lipinski definition) is 5. The second kappa shape index (κ2) is 7.44. The van der Waals surface area contributed by atoms with E-state index in [4.69, 9.17) is 17.3 Å². The lowest BCUT2D eigenvalue weighted by Crippen LogP contribution is -2.08. The molecule has 3 rings (SSSR count). The van der Waals surface area contributed by atoms with Crippen molar-refractivity contribution < 1.29 is 0 Å². The first-order valence-electron chi connectivity index (χ1n) is 7.65. The average Bonchev–Trinajstić information content (AvgIpc) is 2.86. The molecular weight excluding hydrogens is 392 g/mol. The van der Waals surface area contributed by atoms with Gasteiger partial charge in [-0.1, -0.05) is 41.4 Å². The Morgan fingerprint density at radius 3 is 2.54 bits per heavy atom. The highest BCUT2D eigenvalue weighted by Crippen LogP contribution is 2.26. The molecule has 0 atom stereocenters. The Balaban J connectivity index is 0.00000100. The quantitative estimate of drug-likeness (QED) is 0.638. The van der Waals surface area contributed by atoms with E-state index in [0.717, 1.165) is 32.4 Å². The van der Waals surface area contributed by atoms with Gasteiger partial charge in [-0.25, -0.2) is 9.67 Å². The van der Waals surface area contributed by atoms with Crippen molar-refractivity contribution in [1.82, 2.24) is 24.7 Å². The minimum Gasteiger partial charge on any atom is -0.368 e. The number of pyridine rings is 1. The molecule has 2 N–H and O–H groups in total. The van der Waals surface area contributed by atoms with Crippen LogP contribution in [0.5, 0.6) is 0 Å². The molecule has 3 heterocycles. The van der Waals surface area contributed by atoms with Crippen LogP contribution in [0.25, 0.3) is 11.0 Å². The maximum atomic E-state index is 6.15. The van der Waals surface area contributed by atoms with Crippen molar-refractivity contribution in [3.63, 3.8) is 0 Å². The maximum absolute atomic E-state index is 6.15. The van der Waals surface area contributed by atoms with Gasteiger partial charge in [0.15, 0.2) is 5.65 Å². The molecule has 0 aliphatic rings. The summed E-state index contributed by atoms with van der Waals surface area (Å²) < 4.78 is 2.81. The zero-order chi connectivity index (χ0) is 18.0. The van der Waals surface area contributed by atoms with Crippen LogP contribution in [0.2, 0.25) is 5.15 Å². The van der Waals surface area contributed by atoms with E-state index in [0.29, 0.717) is 17.3 Å². The van der Waals surface area contributed by atoms with Crippen molar-refractivity contribution in [2.45, 2.75) is 41.2 Å². The number of nitrogens with zero attached hydrogens (tertiary/aromatic N) is 5. The van der Waals surface area contributed by atoms with Gasteiger partial charge in [-0.2, -0.15) is 10.1 Å². The van der Waals surface area contributed by atoms with Gasteiger partial charge in [0.25, 0.3) is 0 Å². The number of anilines is 1. The standard InChI is InChI=1S/C14H14BrClN6.C2H6/c1-6-4-18-9(7(2)11(6)15)5-22-13-10(8(3)21-22)12(16)19-14(17)20-13;1-2/h4H,5H2,1-3H3,(H2,17,19,20);1-2H3. The van der Waals surface area contributed by atoms with Gasteiger partial charge in [-0.15, -0.1) is 0 Å². The van der Waals surface area contributed by atoms with Crippen LogP contribution in [-0.4, -0.2) is 24.7 Å². The summed E-state index contributed by atoms with van der Waals surface area (Å²) in [5.74, 6) is 0.133. The zero-order valence-corrected chi connectivity index (χ0v) is 16.7. The third-order valence-electron chi connectivity index (χ3n) is 3.56. The molecule has 24 heavy (non-hydrogen) atoms. The third-order valence-corrected chi connectivity index (χ3v) is 5.06. The number of nitrogens with two attached hydrogens (primary N) is 1. The second-order valence-corrected chi connectivity index (χ2v) is 6.29. The molecule has 0 aromatic carbocycles. The van der Waals surface area contributed by atoms with E-state index < -0.39 is 0 Å². The van der Waals surface area contributed by atoms with Gasteiger partial charge in [-0.3, -0.25) is 4.98 Å². The Labute approximate surface area is 154 Å². The SMILES string of the molecule is CC.Cc1cnc(Cn2nc(C)c3c(Cl)nc(N)nc32)c(C)c1Br. The Kier molecular flexibility index (Phi) is 5.77. The van der Waals surface area contributed by atoms with Crippen molar-refractivity contribution in [1.29, 1.82) is 0 Å². The van der Waals surface area contributed by atoms with E-state index in [1.807, 2.05) is 40.8 Å². The second-order valence-electron chi connectivity index (χ2n) is 5.14. The molecule has 3 aromatic rings. The predicted molar refractivity (Wildman–Crippen MR) is 101 cm³/mol. The number of fused-ring (bicyclic) bond motifs is 1. The summed E-state index contributed by atoms with van der Waals surface area (Å²) in [4.78, 5) is 12.7. The highest BCUT2D eigenvalue weighted by atomic mass is 79.9. The molecule has 0 fully saturated rings. The molecule has 0 bridgehead atoms. The molecule has 8 heteroatoms. The first kappa shape index (κ1) is 18.6. The molecule has 0 spiro atoms. The predicted octanol–water partition coefficient (Wildman–Crippen LogP) is 4.22. The number of rotatable bonds is 2. The Bertz CT molecular complexity index is 890. The minimum atomic E-state index is 0.133. The monoisotopic (exact) mass is 410 g/mol. The maximum Gasteiger partial charge on any atom is 0.223 e. The highest BCUT2D eigenvalue weighted by molar-refractivity contribution is 9.10. The van der Waals surface area contributed by atoms with Gasteiger partial charge in [0, 0.05) is 10.7 Å². The summed E-state index contributed by atoms with van der Waals surface area (Å²) in [5, 5.41) is 5.54. The van der Waals surface area contributed by atoms with Crippen molar-refractivity contribution in [3.05, 3.63) is 38.3 Å². The molecule has 0 aliphatic carbocycles. The number of halogens is 2. The Morgan fingerprint density at radius 2 is 1.88 bits per heavy atom. The lowest BCUT2D eigenvalue weighted by molar-refractivity contribution is 0.677. The molecule has 0 amide bonds. The largest absolute Gasteiger partial charge is 0.368 e. The van der Waals surface area contributed by atoms with Crippen LogP contribution in [0.1, 0.15) is 36.4 Å². The molecule has 0 saturated carbocycles. The molecule has 128 valence electrons. The van der Waals surface area contributed by atoms with E-state index in [2.05, 4.69) is 36.0 Å². The molecule has 0 unspecified atom stereocenters. The van der Waals surface area contributed by atoms with E-state index in [1.54, 1.807) is 4.68 Å². The number of nitrogen functional groups attached to an aromatic ring is 1. The first-order valence-corrected chi connectivity index (χ1v) is 8.82. The first-order chi connectivity index (χ1) is 11.4. The van der Waals surface area contributed by atoms with E-state index >= 15 is 0 Å². The summed E-state index contributed by atoms with van der Waals surface area (Å²) in [5.41, 5.74) is 10.2. The van der Waals surface area contributed by atoms with Gasteiger partial charge < -0.3 is 5.73 Å². The van der Waals surface area contributed by atoms with Crippen LogP contribution in [0.15, 0.2) is 10.7 Å². The minimum absolute atomic E-state index is 0.133. The fourth-order valence-corrected chi connectivity index (χ4v) is 3.02. The van der Waals surface area contributed by atoms with Gasteiger partial charge in [0.2, 0.25) is 5.95 Å². The fourth-order valence-electron chi connectivity index (χ4n) is 2.38. The van der Waals surface area contributed by atoms with E-state index in [-0.39, 0.29) is 5.95 Å². The summed E-state index contributed by atoms with van der Waals surface area (Å²) >= 11 is 9.74. The number of aryl methyl sites for hydroxylation is 2. The van der Waals surface area contributed by atoms with Crippen LogP contribution in [0, 0.1) is 20.8 Å². The third kappa shape index (κ3) is 3.37. The zero-order valence-electron chi connectivity index (χ0n) is 14.4. The lowest BCUT2D eigenvalue weighted by atomic mass is 10.1. The molecule has 0 saturated heterocycles. The molecule has 6 nitrogen and oxygen atoms in total. The molecular formula is C16H20BrClN6. The van der Waals surface area contributed by atoms with Crippen LogP contribution >= 0.6 is 27.5 Å². The van der Waals surface area contributed by atoms with Crippen molar-refractivity contribution in [3.8, 4) is 0 Å². The van der Waals surface area contributed by atoms with Crippen LogP contribution in [0.3, 0.4) is 0 Å². The summed E-state index contributed by atoms with van der Waals surface area (Å²) in [6.45, 7) is 10.4. The van der Waals surface area contributed by atoms with E-state index in [1.165, 1.54) is 0 Å². The summed E-state index contributed by atoms with van der Waals surface area (Å²) in [7, 11) is 0. The smallest absolute Gasteiger partial charge is 0.223 e. The Hall–Kier alpha value is -1.73. The van der Waals surface area contributed by atoms with Gasteiger partial charge in [0.05, 0.1) is 23.3 Å². The fraction of sp³-hybridized carbons (Fsp3) is 0.375. The van der Waals surface area contributed by atoms with Gasteiger partial charge in [-0.05, 0) is 31.9 Å². The number of hydrogen-bond donors (Lipinski definition) is 1. The molecule has 0 radical (unpaired) electrons. The van der Waals surface area contributed by atoms with Crippen LogP contribution < -0.4 is 5.73 Å². The van der Waals surface area contributed by atoms with Crippen molar-refractivity contribution in [2.75, 3.05) is 5.73 Å². The van der Waals surface area contributed by atoms with Crippen molar-refractivity contribution in [2.24, 2.45) is 0 Å². The number of aromatic nitrogens is 5. The summed E-state index contributed by atoms with van der Waals surface area (Å²) in [6.07, 6.45) is 1.83. The highest BCUT2D eigenvalue weighted by Gasteiger charge is 2.16.